The number of hydrogen-bond acceptors (Lipinski definition) is 2. The molecule has 0 radical (unpaired) electrons. The van der Waals surface area contributed by atoms with E-state index in [-0.39, 0.29) is 0 Å². The van der Waals surface area contributed by atoms with Gasteiger partial charge in [0.1, 0.15) is 5.56 Å². The lowest BCUT2D eigenvalue weighted by Crippen LogP contribution is -2.48. The van der Waals surface area contributed by atoms with Crippen LogP contribution in [0.5, 0.6) is 0 Å². The average Bonchev–Trinajstić information content (AvgIpc) is 3.23. The van der Waals surface area contributed by atoms with Crippen LogP contribution < -0.4 is 5.32 Å². The highest BCUT2D eigenvalue weighted by molar-refractivity contribution is 5.80. The van der Waals surface area contributed by atoms with Crippen LogP contribution >= 0.6 is 0 Å². The van der Waals surface area contributed by atoms with Gasteiger partial charge in [0.25, 0.3) is 0 Å². The fraction of sp³-hybridized carbons (Fsp3) is 0.571. The van der Waals surface area contributed by atoms with E-state index in [9.17, 15) is 0 Å². The Bertz CT molecular complexity index is 1190. The molecule has 4 unspecified atom stereocenters. The third-order valence-corrected chi connectivity index (χ3v) is 10.6. The van der Waals surface area contributed by atoms with Gasteiger partial charge in [0.2, 0.25) is 0 Å². The maximum atomic E-state index is 4.03. The molecule has 0 bridgehead atoms. The molecule has 37 heavy (non-hydrogen) atoms. The molecule has 1 fully saturated rings. The maximum Gasteiger partial charge on any atom is 0.132 e. The van der Waals surface area contributed by atoms with Crippen LogP contribution in [-0.2, 0) is 19.3 Å². The highest BCUT2D eigenvalue weighted by Gasteiger charge is 2.42. The molecule has 0 amide bonds. The molecule has 3 heterocycles. The molecule has 196 valence electrons. The van der Waals surface area contributed by atoms with Crippen LogP contribution in [0.1, 0.15) is 111 Å². The van der Waals surface area contributed by atoms with E-state index in [4.69, 9.17) is 0 Å². The monoisotopic (exact) mass is 495 g/mol. The quantitative estimate of drug-likeness (QED) is 0.414. The summed E-state index contributed by atoms with van der Waals surface area (Å²) < 4.78 is 0. The molecule has 1 N–H and O–H groups in total. The molecule has 5 atom stereocenters. The lowest BCUT2D eigenvalue weighted by Gasteiger charge is -2.48. The predicted molar refractivity (Wildman–Crippen MR) is 157 cm³/mol. The second kappa shape index (κ2) is 10.3. The summed E-state index contributed by atoms with van der Waals surface area (Å²) in [5.41, 5.74) is 14.3. The van der Waals surface area contributed by atoms with Gasteiger partial charge in [-0.15, -0.1) is 0 Å². The SMILES string of the molecule is C[CH+]c1cc2c(cc1CC)C1CC(CC3NCCC4=C3[C@@H](C)c3ccc(CC)cc34)C(CC)CN1CC2. The molecule has 1 aliphatic carbocycles. The van der Waals surface area contributed by atoms with E-state index < -0.39 is 0 Å². The number of nitrogens with one attached hydrogen (secondary N) is 1. The zero-order valence-electron chi connectivity index (χ0n) is 23.9. The van der Waals surface area contributed by atoms with Crippen molar-refractivity contribution < 1.29 is 0 Å². The topological polar surface area (TPSA) is 15.3 Å². The van der Waals surface area contributed by atoms with Crippen molar-refractivity contribution >= 4 is 5.57 Å². The molecule has 3 aliphatic heterocycles. The van der Waals surface area contributed by atoms with Gasteiger partial charge in [-0.1, -0.05) is 45.4 Å². The van der Waals surface area contributed by atoms with Crippen molar-refractivity contribution in [2.24, 2.45) is 11.8 Å². The Morgan fingerprint density at radius 2 is 1.86 bits per heavy atom. The van der Waals surface area contributed by atoms with Crippen LogP contribution in [0.25, 0.3) is 5.57 Å². The summed E-state index contributed by atoms with van der Waals surface area (Å²) in [7, 11) is 0. The summed E-state index contributed by atoms with van der Waals surface area (Å²) in [6.07, 6.45) is 10.9. The van der Waals surface area contributed by atoms with Crippen LogP contribution in [0.3, 0.4) is 0 Å². The van der Waals surface area contributed by atoms with E-state index in [1.54, 1.807) is 33.4 Å². The van der Waals surface area contributed by atoms with Crippen molar-refractivity contribution in [1.82, 2.24) is 10.2 Å². The number of piperidine rings is 1. The van der Waals surface area contributed by atoms with Crippen LogP contribution in [0.15, 0.2) is 35.9 Å². The van der Waals surface area contributed by atoms with Crippen molar-refractivity contribution in [2.75, 3.05) is 19.6 Å². The summed E-state index contributed by atoms with van der Waals surface area (Å²) in [6.45, 7) is 15.4. The summed E-state index contributed by atoms with van der Waals surface area (Å²) in [4.78, 5) is 2.85. The van der Waals surface area contributed by atoms with Crippen molar-refractivity contribution in [3.8, 4) is 0 Å². The summed E-state index contributed by atoms with van der Waals surface area (Å²) in [5.74, 6) is 2.15. The number of fused-ring (bicyclic) bond motifs is 5. The van der Waals surface area contributed by atoms with E-state index in [0.717, 1.165) is 31.2 Å². The minimum atomic E-state index is 0.535. The van der Waals surface area contributed by atoms with Gasteiger partial charge in [-0.3, -0.25) is 4.90 Å². The Morgan fingerprint density at radius 1 is 1.00 bits per heavy atom. The van der Waals surface area contributed by atoms with Crippen LogP contribution in [0.2, 0.25) is 0 Å². The molecule has 2 aromatic carbocycles. The lowest BCUT2D eigenvalue weighted by molar-refractivity contribution is 0.0452. The molecule has 1 saturated heterocycles. The summed E-state index contributed by atoms with van der Waals surface area (Å²) >= 11 is 0. The summed E-state index contributed by atoms with van der Waals surface area (Å²) in [6, 6.07) is 13.6. The van der Waals surface area contributed by atoms with Gasteiger partial charge in [0.05, 0.1) is 5.56 Å². The molecule has 0 saturated carbocycles. The van der Waals surface area contributed by atoms with Crippen molar-refractivity contribution in [2.45, 2.75) is 97.6 Å². The minimum absolute atomic E-state index is 0.535. The van der Waals surface area contributed by atoms with Gasteiger partial charge in [-0.2, -0.15) is 0 Å². The van der Waals surface area contributed by atoms with Gasteiger partial charge in [0.15, 0.2) is 0 Å². The molecule has 2 nitrogen and oxygen atoms in total. The number of benzene rings is 2. The van der Waals surface area contributed by atoms with E-state index in [1.807, 2.05) is 0 Å². The van der Waals surface area contributed by atoms with Crippen LogP contribution in [0, 0.1) is 18.3 Å². The van der Waals surface area contributed by atoms with Gasteiger partial charge in [0, 0.05) is 68.6 Å². The Morgan fingerprint density at radius 3 is 2.62 bits per heavy atom. The third-order valence-electron chi connectivity index (χ3n) is 10.6. The van der Waals surface area contributed by atoms with E-state index in [1.165, 1.54) is 61.9 Å². The number of nitrogens with zero attached hydrogens (tertiary/aromatic N) is 1. The Balaban J connectivity index is 1.29. The van der Waals surface area contributed by atoms with E-state index in [0.29, 0.717) is 18.0 Å². The smallest absolute Gasteiger partial charge is 0.132 e. The normalized spacial score (nSPS) is 28.9. The zero-order chi connectivity index (χ0) is 25.7. The molecule has 6 rings (SSSR count). The van der Waals surface area contributed by atoms with E-state index in [2.05, 4.69) is 81.6 Å². The molecule has 0 aromatic heterocycles. The Hall–Kier alpha value is -2.03. The molecular weight excluding hydrogens is 448 g/mol. The first-order chi connectivity index (χ1) is 18.1. The molecule has 2 aromatic rings. The molecule has 0 spiro atoms. The van der Waals surface area contributed by atoms with Crippen molar-refractivity contribution in [3.63, 3.8) is 0 Å². The highest BCUT2D eigenvalue weighted by atomic mass is 15.2. The fourth-order valence-corrected chi connectivity index (χ4v) is 8.45. The summed E-state index contributed by atoms with van der Waals surface area (Å²) in [5, 5.41) is 4.03. The highest BCUT2D eigenvalue weighted by Crippen LogP contribution is 2.50. The lowest BCUT2D eigenvalue weighted by atomic mass is 9.71. The van der Waals surface area contributed by atoms with Gasteiger partial charge in [-0.05, 0) is 90.8 Å². The maximum absolute atomic E-state index is 4.03. The standard InChI is InChI=1S/C35H47N2/c1-6-23-10-11-29-22(5)35-30(32(29)16-23)12-14-36-33(35)19-28-20-34-31-18-25(8-3)24(7-2)17-27(31)13-15-37(34)21-26(28)9-4/h7,10-11,16-18,22,26,28,33-34,36H,6,8-9,12-15,19-21H2,1-5H3/q+1/t22-,26?,28?,33?,34?/m0/s1. The molecule has 4 aliphatic rings. The number of hydrogen-bond donors (Lipinski definition) is 1. The fourth-order valence-electron chi connectivity index (χ4n) is 8.45. The van der Waals surface area contributed by atoms with Crippen LogP contribution in [-0.4, -0.2) is 30.6 Å². The van der Waals surface area contributed by atoms with Gasteiger partial charge in [-0.25, -0.2) is 0 Å². The van der Waals surface area contributed by atoms with E-state index >= 15 is 0 Å². The van der Waals surface area contributed by atoms with Crippen molar-refractivity contribution in [1.29, 1.82) is 0 Å². The molecular formula is C35H47N2+. The number of aryl methyl sites for hydroxylation is 2. The Labute approximate surface area is 225 Å². The minimum Gasteiger partial charge on any atom is -0.310 e. The van der Waals surface area contributed by atoms with Gasteiger partial charge >= 0.3 is 0 Å². The van der Waals surface area contributed by atoms with Crippen LogP contribution in [0.4, 0.5) is 0 Å². The van der Waals surface area contributed by atoms with Crippen molar-refractivity contribution in [3.05, 3.63) is 81.3 Å². The predicted octanol–water partition coefficient (Wildman–Crippen LogP) is 7.65. The average molecular weight is 496 g/mol. The van der Waals surface area contributed by atoms with Gasteiger partial charge < -0.3 is 5.32 Å². The Kier molecular flexibility index (Phi) is 7.01. The largest absolute Gasteiger partial charge is 0.310 e. The second-order valence-corrected chi connectivity index (χ2v) is 12.2. The molecule has 2 heteroatoms. The first-order valence-electron chi connectivity index (χ1n) is 15.3. The first kappa shape index (κ1) is 25.3. The number of rotatable bonds is 6. The zero-order valence-corrected chi connectivity index (χ0v) is 23.9. The second-order valence-electron chi connectivity index (χ2n) is 12.2. The first-order valence-corrected chi connectivity index (χ1v) is 15.3. The third kappa shape index (κ3) is 4.29.